The molecule has 0 saturated heterocycles. The third kappa shape index (κ3) is 29.9. The topological polar surface area (TPSA) is 151 Å². The van der Waals surface area contributed by atoms with Crippen LogP contribution in [-0.4, -0.2) is 168 Å². The summed E-state index contributed by atoms with van der Waals surface area (Å²) in [6.45, 7) is 17.3. The number of nitrogens with one attached hydrogen (secondary N) is 1. The third-order valence-electron chi connectivity index (χ3n) is 6.69. The first-order valence-corrected chi connectivity index (χ1v) is 18.4. The van der Waals surface area contributed by atoms with Crippen molar-refractivity contribution in [2.24, 2.45) is 0 Å². The van der Waals surface area contributed by atoms with Crippen LogP contribution in [0.25, 0.3) is 0 Å². The molecule has 1 N–H and O–H groups in total. The number of amides is 1. The molecule has 0 saturated carbocycles. The van der Waals surface area contributed by atoms with E-state index < -0.39 is 5.60 Å². The zero-order valence-electron chi connectivity index (χ0n) is 32.3. The van der Waals surface area contributed by atoms with Gasteiger partial charge in [-0.15, -0.1) is 0 Å². The van der Waals surface area contributed by atoms with Crippen molar-refractivity contribution in [2.45, 2.75) is 46.1 Å². The second-order valence-corrected chi connectivity index (χ2v) is 12.4. The van der Waals surface area contributed by atoms with Gasteiger partial charge in [-0.25, -0.2) is 9.59 Å². The van der Waals surface area contributed by atoms with E-state index in [2.05, 4.69) is 12.2 Å². The van der Waals surface area contributed by atoms with Crippen molar-refractivity contribution in [1.82, 2.24) is 4.90 Å². The Bertz CT molecular complexity index is 979. The zero-order valence-corrected chi connectivity index (χ0v) is 32.3. The molecule has 15 nitrogen and oxygen atoms in total. The lowest BCUT2D eigenvalue weighted by atomic mass is 10.2. The van der Waals surface area contributed by atoms with Crippen LogP contribution in [0.1, 0.15) is 50.9 Å². The maximum absolute atomic E-state index is 12.1. The second kappa shape index (κ2) is 33.0. The SMILES string of the molecule is CCCCNc1ccc(C(=O)OCCOCCOCCOCCOCCOCCOCCOCCOCCOCCN(C)C(=O)OC(C)(C)C)cc1. The van der Waals surface area contributed by atoms with E-state index >= 15 is 0 Å². The normalized spacial score (nSPS) is 11.5. The first kappa shape index (κ1) is 47.4. The van der Waals surface area contributed by atoms with Gasteiger partial charge in [-0.2, -0.15) is 0 Å². The molecule has 1 aromatic rings. The van der Waals surface area contributed by atoms with Gasteiger partial charge >= 0.3 is 12.1 Å². The average molecular weight is 747 g/mol. The minimum atomic E-state index is -0.514. The van der Waals surface area contributed by atoms with Crippen molar-refractivity contribution in [1.29, 1.82) is 0 Å². The molecule has 302 valence electrons. The predicted octanol–water partition coefficient (Wildman–Crippen LogP) is 4.07. The number of unbranched alkanes of at least 4 members (excludes halogenated alkanes) is 1. The quantitative estimate of drug-likeness (QED) is 0.0785. The smallest absolute Gasteiger partial charge is 0.410 e. The summed E-state index contributed by atoms with van der Waals surface area (Å²) in [6, 6.07) is 7.28. The van der Waals surface area contributed by atoms with Crippen LogP contribution in [-0.2, 0) is 52.1 Å². The molecule has 1 amide bonds. The summed E-state index contributed by atoms with van der Waals surface area (Å²) in [4.78, 5) is 25.5. The van der Waals surface area contributed by atoms with Gasteiger partial charge in [0.25, 0.3) is 0 Å². The van der Waals surface area contributed by atoms with Gasteiger partial charge in [0, 0.05) is 25.8 Å². The molecule has 1 rings (SSSR count). The molecule has 0 radical (unpaired) electrons. The lowest BCUT2D eigenvalue weighted by molar-refractivity contribution is -0.0262. The van der Waals surface area contributed by atoms with Gasteiger partial charge in [-0.3, -0.25) is 0 Å². The Morgan fingerprint density at radius 1 is 0.577 bits per heavy atom. The van der Waals surface area contributed by atoms with Crippen molar-refractivity contribution in [2.75, 3.05) is 151 Å². The first-order chi connectivity index (χ1) is 25.2. The second-order valence-electron chi connectivity index (χ2n) is 12.4. The van der Waals surface area contributed by atoms with Gasteiger partial charge in [0.1, 0.15) is 12.2 Å². The summed E-state index contributed by atoms with van der Waals surface area (Å²) in [5.41, 5.74) is 0.993. The van der Waals surface area contributed by atoms with Crippen LogP contribution < -0.4 is 5.32 Å². The van der Waals surface area contributed by atoms with E-state index in [4.69, 9.17) is 52.1 Å². The Hall–Kier alpha value is -2.60. The van der Waals surface area contributed by atoms with Crippen molar-refractivity contribution in [3.63, 3.8) is 0 Å². The van der Waals surface area contributed by atoms with Crippen LogP contribution >= 0.6 is 0 Å². The van der Waals surface area contributed by atoms with Gasteiger partial charge < -0.3 is 62.3 Å². The molecular weight excluding hydrogens is 680 g/mol. The fourth-order valence-corrected chi connectivity index (χ4v) is 3.90. The van der Waals surface area contributed by atoms with E-state index in [1.54, 1.807) is 19.2 Å². The van der Waals surface area contributed by atoms with Crippen molar-refractivity contribution in [3.05, 3.63) is 29.8 Å². The number of benzene rings is 1. The molecule has 0 aromatic heterocycles. The summed E-state index contributed by atoms with van der Waals surface area (Å²) in [5, 5.41) is 3.32. The largest absolute Gasteiger partial charge is 0.460 e. The monoisotopic (exact) mass is 746 g/mol. The minimum Gasteiger partial charge on any atom is -0.460 e. The highest BCUT2D eigenvalue weighted by Crippen LogP contribution is 2.11. The summed E-state index contributed by atoms with van der Waals surface area (Å²) in [6.07, 6.45) is 1.87. The van der Waals surface area contributed by atoms with Gasteiger partial charge in [-0.1, -0.05) is 13.3 Å². The van der Waals surface area contributed by atoms with Crippen molar-refractivity contribution in [3.8, 4) is 0 Å². The van der Waals surface area contributed by atoms with Crippen molar-refractivity contribution < 1.29 is 61.7 Å². The number of nitrogens with zero attached hydrogens (tertiary/aromatic N) is 1. The molecular formula is C37H66N2O13. The molecule has 0 bridgehead atoms. The molecule has 0 spiro atoms. The zero-order chi connectivity index (χ0) is 38.0. The maximum atomic E-state index is 12.1. The van der Waals surface area contributed by atoms with Crippen LogP contribution in [0, 0.1) is 0 Å². The summed E-state index contributed by atoms with van der Waals surface area (Å²) in [5.74, 6) is -0.365. The average Bonchev–Trinajstić information content (AvgIpc) is 3.12. The van der Waals surface area contributed by atoms with Gasteiger partial charge in [0.15, 0.2) is 0 Å². The fourth-order valence-electron chi connectivity index (χ4n) is 3.90. The van der Waals surface area contributed by atoms with Crippen LogP contribution in [0.2, 0.25) is 0 Å². The first-order valence-electron chi connectivity index (χ1n) is 18.4. The van der Waals surface area contributed by atoms with Crippen LogP contribution in [0.5, 0.6) is 0 Å². The standard InChI is InChI=1S/C37H66N2O13/c1-6-7-12-38-34-10-8-33(9-11-34)35(40)51-32-31-50-30-29-49-28-27-48-26-25-47-24-23-46-22-21-45-20-19-44-18-17-43-16-15-42-14-13-39(5)36(41)52-37(2,3)4/h8-11,38H,6-7,12-32H2,1-5H3. The highest BCUT2D eigenvalue weighted by Gasteiger charge is 2.19. The number of hydrogen-bond acceptors (Lipinski definition) is 14. The van der Waals surface area contributed by atoms with Gasteiger partial charge in [-0.05, 0) is 51.5 Å². The summed E-state index contributed by atoms with van der Waals surface area (Å²) >= 11 is 0. The molecule has 0 aliphatic carbocycles. The summed E-state index contributed by atoms with van der Waals surface area (Å²) in [7, 11) is 1.68. The Labute approximate surface area is 311 Å². The Balaban J connectivity index is 1.73. The molecule has 0 aliphatic rings. The lowest BCUT2D eigenvalue weighted by Crippen LogP contribution is -2.36. The predicted molar refractivity (Wildman–Crippen MR) is 196 cm³/mol. The number of ether oxygens (including phenoxy) is 11. The van der Waals surface area contributed by atoms with Gasteiger partial charge in [0.2, 0.25) is 0 Å². The van der Waals surface area contributed by atoms with E-state index in [1.807, 2.05) is 32.9 Å². The number of esters is 1. The van der Waals surface area contributed by atoms with E-state index in [1.165, 1.54) is 4.90 Å². The maximum Gasteiger partial charge on any atom is 0.410 e. The molecule has 15 heteroatoms. The highest BCUT2D eigenvalue weighted by molar-refractivity contribution is 5.89. The number of carbonyl (C=O) groups excluding carboxylic acids is 2. The van der Waals surface area contributed by atoms with E-state index in [0.29, 0.717) is 131 Å². The number of likely N-dealkylation sites (N-methyl/N-ethyl adjacent to an activating group) is 1. The van der Waals surface area contributed by atoms with E-state index in [-0.39, 0.29) is 18.7 Å². The number of anilines is 1. The number of hydrogen-bond donors (Lipinski definition) is 1. The third-order valence-corrected chi connectivity index (χ3v) is 6.69. The molecule has 52 heavy (non-hydrogen) atoms. The van der Waals surface area contributed by atoms with E-state index in [0.717, 1.165) is 25.1 Å². The number of carbonyl (C=O) groups is 2. The van der Waals surface area contributed by atoms with Crippen LogP contribution in [0.15, 0.2) is 24.3 Å². The molecule has 0 heterocycles. The Morgan fingerprint density at radius 2 is 0.942 bits per heavy atom. The Kier molecular flexibility index (Phi) is 30.1. The highest BCUT2D eigenvalue weighted by atomic mass is 16.6. The van der Waals surface area contributed by atoms with Crippen molar-refractivity contribution >= 4 is 17.7 Å². The van der Waals surface area contributed by atoms with Crippen LogP contribution in [0.3, 0.4) is 0 Å². The summed E-state index contributed by atoms with van der Waals surface area (Å²) < 4.78 is 59.8. The van der Waals surface area contributed by atoms with Gasteiger partial charge in [0.05, 0.1) is 124 Å². The molecule has 0 fully saturated rings. The lowest BCUT2D eigenvalue weighted by Gasteiger charge is -2.24. The van der Waals surface area contributed by atoms with Crippen LogP contribution in [0.4, 0.5) is 10.5 Å². The fraction of sp³-hybridized carbons (Fsp3) is 0.784. The van der Waals surface area contributed by atoms with E-state index in [9.17, 15) is 9.59 Å². The molecule has 0 unspecified atom stereocenters. The molecule has 1 aromatic carbocycles. The Morgan fingerprint density at radius 3 is 1.31 bits per heavy atom. The minimum absolute atomic E-state index is 0.185. The molecule has 0 atom stereocenters. The number of rotatable bonds is 35. The molecule has 0 aliphatic heterocycles.